The third kappa shape index (κ3) is 3.72. The molecule has 0 radical (unpaired) electrons. The third-order valence-electron chi connectivity index (χ3n) is 5.88. The SMILES string of the molecule is CCCCN1C(=O)C(O)=C(C(=O)c2cc3cc(Cl)ccc3o2)C1c1ccc2c(c1)OCCO2. The molecule has 0 fully saturated rings. The predicted molar refractivity (Wildman–Crippen MR) is 122 cm³/mol. The normalized spacial score (nSPS) is 17.8. The molecule has 1 N–H and O–H groups in total. The van der Waals surface area contributed by atoms with Crippen LogP contribution in [0.1, 0.15) is 41.9 Å². The van der Waals surface area contributed by atoms with Crippen molar-refractivity contribution in [3.63, 3.8) is 0 Å². The Bertz CT molecular complexity index is 1290. The average molecular weight is 468 g/mol. The van der Waals surface area contributed by atoms with Gasteiger partial charge in [0.25, 0.3) is 5.91 Å². The lowest BCUT2D eigenvalue weighted by Crippen LogP contribution is -2.32. The van der Waals surface area contributed by atoms with Gasteiger partial charge in [-0.3, -0.25) is 9.59 Å². The molecule has 5 rings (SSSR count). The van der Waals surface area contributed by atoms with E-state index in [9.17, 15) is 14.7 Å². The van der Waals surface area contributed by atoms with Crippen molar-refractivity contribution in [3.05, 3.63) is 70.1 Å². The molecule has 1 amide bonds. The molecule has 0 saturated heterocycles. The molecule has 33 heavy (non-hydrogen) atoms. The number of unbranched alkanes of at least 4 members (excludes halogenated alkanes) is 1. The summed E-state index contributed by atoms with van der Waals surface area (Å²) in [5.41, 5.74) is 1.12. The molecule has 7 nitrogen and oxygen atoms in total. The first-order valence-corrected chi connectivity index (χ1v) is 11.2. The van der Waals surface area contributed by atoms with Crippen LogP contribution in [0.25, 0.3) is 11.0 Å². The van der Waals surface area contributed by atoms with Gasteiger partial charge < -0.3 is 23.9 Å². The van der Waals surface area contributed by atoms with Gasteiger partial charge in [-0.15, -0.1) is 0 Å². The Morgan fingerprint density at radius 3 is 2.70 bits per heavy atom. The fourth-order valence-electron chi connectivity index (χ4n) is 4.28. The number of aliphatic hydroxyl groups is 1. The molecular weight excluding hydrogens is 446 g/mol. The van der Waals surface area contributed by atoms with E-state index in [1.54, 1.807) is 42.5 Å². The zero-order valence-corrected chi connectivity index (χ0v) is 18.7. The van der Waals surface area contributed by atoms with Crippen LogP contribution in [0, 0.1) is 0 Å². The molecule has 1 atom stereocenters. The van der Waals surface area contributed by atoms with E-state index in [2.05, 4.69) is 0 Å². The van der Waals surface area contributed by atoms with Gasteiger partial charge >= 0.3 is 0 Å². The quantitative estimate of drug-likeness (QED) is 0.499. The second-order valence-electron chi connectivity index (χ2n) is 8.04. The van der Waals surface area contributed by atoms with Crippen molar-refractivity contribution < 1.29 is 28.6 Å². The minimum atomic E-state index is -0.774. The highest BCUT2D eigenvalue weighted by atomic mass is 35.5. The van der Waals surface area contributed by atoms with Crippen LogP contribution in [0.4, 0.5) is 0 Å². The van der Waals surface area contributed by atoms with Crippen LogP contribution >= 0.6 is 11.6 Å². The van der Waals surface area contributed by atoms with Crippen molar-refractivity contribution >= 4 is 34.3 Å². The molecule has 3 aromatic rings. The number of carbonyl (C=O) groups is 2. The molecule has 8 heteroatoms. The minimum Gasteiger partial charge on any atom is -0.503 e. The molecule has 0 spiro atoms. The summed E-state index contributed by atoms with van der Waals surface area (Å²) in [4.78, 5) is 28.1. The highest BCUT2D eigenvalue weighted by Crippen LogP contribution is 2.42. The summed E-state index contributed by atoms with van der Waals surface area (Å²) < 4.78 is 17.0. The van der Waals surface area contributed by atoms with Gasteiger partial charge in [0.1, 0.15) is 18.8 Å². The lowest BCUT2D eigenvalue weighted by atomic mass is 9.94. The summed E-state index contributed by atoms with van der Waals surface area (Å²) in [5, 5.41) is 12.0. The molecule has 170 valence electrons. The number of furan rings is 1. The molecule has 3 heterocycles. The molecule has 0 bridgehead atoms. The van der Waals surface area contributed by atoms with E-state index in [4.69, 9.17) is 25.5 Å². The van der Waals surface area contributed by atoms with E-state index >= 15 is 0 Å². The topological polar surface area (TPSA) is 89.2 Å². The Labute approximate surface area is 195 Å². The number of aliphatic hydroxyl groups excluding tert-OH is 1. The third-order valence-corrected chi connectivity index (χ3v) is 6.12. The van der Waals surface area contributed by atoms with Gasteiger partial charge in [0.15, 0.2) is 23.0 Å². The molecule has 2 aliphatic rings. The maximum Gasteiger partial charge on any atom is 0.290 e. The standard InChI is InChI=1S/C25H22ClNO6/c1-2-3-8-27-22(14-4-6-18-19(12-14)32-10-9-31-18)21(24(29)25(27)30)23(28)20-13-15-11-16(26)5-7-17(15)33-20/h4-7,11-13,22,29H,2-3,8-10H2,1H3. The van der Waals surface area contributed by atoms with Crippen LogP contribution in [-0.2, 0) is 4.79 Å². The van der Waals surface area contributed by atoms with Crippen molar-refractivity contribution in [2.45, 2.75) is 25.8 Å². The number of fused-ring (bicyclic) bond motifs is 2. The van der Waals surface area contributed by atoms with E-state index < -0.39 is 23.5 Å². The summed E-state index contributed by atoms with van der Waals surface area (Å²) in [6, 6.07) is 11.1. The number of rotatable bonds is 6. The smallest absolute Gasteiger partial charge is 0.290 e. The summed E-state index contributed by atoms with van der Waals surface area (Å²) in [6.45, 7) is 3.27. The first-order chi connectivity index (χ1) is 16.0. The van der Waals surface area contributed by atoms with E-state index in [1.807, 2.05) is 6.92 Å². The van der Waals surface area contributed by atoms with Gasteiger partial charge in [-0.25, -0.2) is 0 Å². The Morgan fingerprint density at radius 2 is 1.91 bits per heavy atom. The number of carbonyl (C=O) groups excluding carboxylic acids is 2. The highest BCUT2D eigenvalue weighted by molar-refractivity contribution is 6.31. The summed E-state index contributed by atoms with van der Waals surface area (Å²) in [5.74, 6) is -0.517. The Kier molecular flexibility index (Phi) is 5.50. The lowest BCUT2D eigenvalue weighted by molar-refractivity contribution is -0.129. The number of benzene rings is 2. The van der Waals surface area contributed by atoms with E-state index in [0.717, 1.165) is 12.8 Å². The number of hydrogen-bond donors (Lipinski definition) is 1. The van der Waals surface area contributed by atoms with Crippen molar-refractivity contribution in [2.24, 2.45) is 0 Å². The molecule has 2 aliphatic heterocycles. The number of nitrogens with zero attached hydrogens (tertiary/aromatic N) is 1. The summed E-state index contributed by atoms with van der Waals surface area (Å²) in [7, 11) is 0. The van der Waals surface area contributed by atoms with E-state index in [0.29, 0.717) is 52.8 Å². The highest BCUT2D eigenvalue weighted by Gasteiger charge is 2.44. The van der Waals surface area contributed by atoms with Gasteiger partial charge in [-0.05, 0) is 48.4 Å². The summed E-state index contributed by atoms with van der Waals surface area (Å²) in [6.07, 6.45) is 1.58. The molecular formula is C25H22ClNO6. The Hall–Kier alpha value is -3.45. The van der Waals surface area contributed by atoms with Crippen LogP contribution in [0.2, 0.25) is 5.02 Å². The fourth-order valence-corrected chi connectivity index (χ4v) is 4.46. The monoisotopic (exact) mass is 467 g/mol. The molecule has 2 aromatic carbocycles. The fraction of sp³-hybridized carbons (Fsp3) is 0.280. The molecule has 1 aromatic heterocycles. The van der Waals surface area contributed by atoms with Gasteiger partial charge in [0.05, 0.1) is 11.6 Å². The minimum absolute atomic E-state index is 0.0158. The molecule has 1 unspecified atom stereocenters. The zero-order chi connectivity index (χ0) is 23.1. The second-order valence-corrected chi connectivity index (χ2v) is 8.48. The number of hydrogen-bond acceptors (Lipinski definition) is 6. The molecule has 0 aliphatic carbocycles. The van der Waals surface area contributed by atoms with Crippen LogP contribution in [0.5, 0.6) is 11.5 Å². The van der Waals surface area contributed by atoms with E-state index in [1.165, 1.54) is 4.90 Å². The average Bonchev–Trinajstić information content (AvgIpc) is 3.35. The van der Waals surface area contributed by atoms with Crippen molar-refractivity contribution in [3.8, 4) is 11.5 Å². The lowest BCUT2D eigenvalue weighted by Gasteiger charge is -2.28. The zero-order valence-electron chi connectivity index (χ0n) is 18.0. The second kappa shape index (κ2) is 8.48. The van der Waals surface area contributed by atoms with E-state index in [-0.39, 0.29) is 11.3 Å². The van der Waals surface area contributed by atoms with Crippen LogP contribution in [0.3, 0.4) is 0 Å². The van der Waals surface area contributed by atoms with Crippen LogP contribution < -0.4 is 9.47 Å². The van der Waals surface area contributed by atoms with Crippen molar-refractivity contribution in [1.29, 1.82) is 0 Å². The van der Waals surface area contributed by atoms with Crippen LogP contribution in [-0.4, -0.2) is 41.5 Å². The maximum absolute atomic E-state index is 13.6. The van der Waals surface area contributed by atoms with Gasteiger partial charge in [0, 0.05) is 17.0 Å². The number of halogens is 1. The Balaban J connectivity index is 1.59. The largest absolute Gasteiger partial charge is 0.503 e. The predicted octanol–water partition coefficient (Wildman–Crippen LogP) is 5.24. The van der Waals surface area contributed by atoms with Crippen LogP contribution in [0.15, 0.2) is 58.2 Å². The number of amides is 1. The van der Waals surface area contributed by atoms with Crippen molar-refractivity contribution in [2.75, 3.05) is 19.8 Å². The van der Waals surface area contributed by atoms with Gasteiger partial charge in [-0.1, -0.05) is 31.0 Å². The number of ether oxygens (including phenoxy) is 2. The summed E-state index contributed by atoms with van der Waals surface area (Å²) >= 11 is 6.06. The first-order valence-electron chi connectivity index (χ1n) is 10.9. The first kappa shape index (κ1) is 21.4. The number of ketones is 1. The maximum atomic E-state index is 13.6. The van der Waals surface area contributed by atoms with Gasteiger partial charge in [0.2, 0.25) is 5.78 Å². The van der Waals surface area contributed by atoms with Crippen molar-refractivity contribution in [1.82, 2.24) is 4.90 Å². The Morgan fingerprint density at radius 1 is 1.12 bits per heavy atom. The number of Topliss-reactive ketones (excluding diaryl/α,β-unsaturated/α-hetero) is 1. The van der Waals surface area contributed by atoms with Gasteiger partial charge in [-0.2, -0.15) is 0 Å². The molecule has 0 saturated carbocycles.